The summed E-state index contributed by atoms with van der Waals surface area (Å²) in [6.07, 6.45) is 4.46. The first-order chi connectivity index (χ1) is 8.69. The predicted molar refractivity (Wildman–Crippen MR) is 68.3 cm³/mol. The number of nitrogens with zero attached hydrogens (tertiary/aromatic N) is 1. The molecule has 0 spiro atoms. The van der Waals surface area contributed by atoms with Crippen molar-refractivity contribution in [2.45, 2.75) is 31.7 Å². The van der Waals surface area contributed by atoms with E-state index in [0.717, 1.165) is 12.8 Å². The van der Waals surface area contributed by atoms with Gasteiger partial charge in [0.1, 0.15) is 0 Å². The highest BCUT2D eigenvalue weighted by atomic mass is 16.5. The number of hydrogen-bond donors (Lipinski definition) is 2. The minimum atomic E-state index is -0.294. The topological polar surface area (TPSA) is 79.3 Å². The Morgan fingerprint density at radius 3 is 2.67 bits per heavy atom. The second kappa shape index (κ2) is 5.28. The van der Waals surface area contributed by atoms with E-state index in [-0.39, 0.29) is 11.8 Å². The number of phenols is 1. The van der Waals surface area contributed by atoms with E-state index in [0.29, 0.717) is 22.8 Å². The van der Waals surface area contributed by atoms with Gasteiger partial charge in [-0.3, -0.25) is 0 Å². The summed E-state index contributed by atoms with van der Waals surface area (Å²) in [5.74, 6) is 0.725. The van der Waals surface area contributed by atoms with Crippen molar-refractivity contribution < 1.29 is 9.84 Å². The van der Waals surface area contributed by atoms with Crippen LogP contribution in [-0.2, 0) is 0 Å². The first kappa shape index (κ1) is 12.7. The molecule has 1 saturated carbocycles. The van der Waals surface area contributed by atoms with Gasteiger partial charge in [0.2, 0.25) is 0 Å². The van der Waals surface area contributed by atoms with E-state index in [1.165, 1.54) is 20.0 Å². The number of nitriles is 1. The van der Waals surface area contributed by atoms with Gasteiger partial charge in [-0.2, -0.15) is 5.26 Å². The Morgan fingerprint density at radius 2 is 2.11 bits per heavy atom. The summed E-state index contributed by atoms with van der Waals surface area (Å²) in [6.45, 7) is 0. The van der Waals surface area contributed by atoms with Crippen molar-refractivity contribution >= 4 is 0 Å². The molecule has 18 heavy (non-hydrogen) atoms. The van der Waals surface area contributed by atoms with E-state index in [9.17, 15) is 5.11 Å². The normalized spacial score (nSPS) is 17.4. The molecule has 0 bridgehead atoms. The van der Waals surface area contributed by atoms with Crippen LogP contribution in [0.25, 0.3) is 0 Å². The van der Waals surface area contributed by atoms with Gasteiger partial charge in [0.05, 0.1) is 18.7 Å². The Morgan fingerprint density at radius 1 is 1.44 bits per heavy atom. The van der Waals surface area contributed by atoms with Crippen molar-refractivity contribution in [3.63, 3.8) is 0 Å². The van der Waals surface area contributed by atoms with Crippen LogP contribution in [-0.4, -0.2) is 12.2 Å². The van der Waals surface area contributed by atoms with Gasteiger partial charge >= 0.3 is 0 Å². The smallest absolute Gasteiger partial charge is 0.163 e. The predicted octanol–water partition coefficient (Wildman–Crippen LogP) is 2.46. The molecular weight excluding hydrogens is 228 g/mol. The summed E-state index contributed by atoms with van der Waals surface area (Å²) in [6, 6.07) is 5.05. The van der Waals surface area contributed by atoms with E-state index in [4.69, 9.17) is 15.7 Å². The first-order valence-corrected chi connectivity index (χ1v) is 6.24. The van der Waals surface area contributed by atoms with Crippen LogP contribution in [0.1, 0.15) is 42.9 Å². The summed E-state index contributed by atoms with van der Waals surface area (Å²) in [5.41, 5.74) is 7.20. The van der Waals surface area contributed by atoms with Gasteiger partial charge in [-0.25, -0.2) is 0 Å². The zero-order valence-corrected chi connectivity index (χ0v) is 10.5. The molecule has 1 aliphatic rings. The highest BCUT2D eigenvalue weighted by molar-refractivity contribution is 5.55. The van der Waals surface area contributed by atoms with Crippen molar-refractivity contribution in [3.05, 3.63) is 23.3 Å². The zero-order valence-electron chi connectivity index (χ0n) is 10.5. The molecule has 96 valence electrons. The minimum Gasteiger partial charge on any atom is -0.504 e. The third-order valence-corrected chi connectivity index (χ3v) is 3.76. The van der Waals surface area contributed by atoms with Crippen molar-refractivity contribution in [2.24, 2.45) is 11.7 Å². The number of ether oxygens (including phenoxy) is 1. The lowest BCUT2D eigenvalue weighted by Gasteiger charge is -2.22. The van der Waals surface area contributed by atoms with Crippen LogP contribution in [0.5, 0.6) is 11.5 Å². The lowest BCUT2D eigenvalue weighted by Crippen LogP contribution is -2.20. The molecule has 0 amide bonds. The number of hydrogen-bond acceptors (Lipinski definition) is 4. The fourth-order valence-corrected chi connectivity index (χ4v) is 2.74. The van der Waals surface area contributed by atoms with Gasteiger partial charge in [-0.15, -0.1) is 0 Å². The fraction of sp³-hybridized carbons (Fsp3) is 0.500. The molecule has 4 heteroatoms. The highest BCUT2D eigenvalue weighted by Gasteiger charge is 2.28. The number of methoxy groups -OCH3 is 1. The van der Waals surface area contributed by atoms with Crippen molar-refractivity contribution in [3.8, 4) is 17.6 Å². The van der Waals surface area contributed by atoms with Gasteiger partial charge in [-0.1, -0.05) is 12.8 Å². The molecule has 1 aromatic carbocycles. The van der Waals surface area contributed by atoms with Gasteiger partial charge < -0.3 is 15.6 Å². The van der Waals surface area contributed by atoms with Crippen LogP contribution >= 0.6 is 0 Å². The average Bonchev–Trinajstić information content (AvgIpc) is 2.91. The molecule has 0 unspecified atom stereocenters. The Hall–Kier alpha value is -1.73. The van der Waals surface area contributed by atoms with E-state index in [1.807, 2.05) is 0 Å². The third-order valence-electron chi connectivity index (χ3n) is 3.76. The van der Waals surface area contributed by atoms with Crippen LogP contribution in [0.15, 0.2) is 12.1 Å². The van der Waals surface area contributed by atoms with Crippen molar-refractivity contribution in [2.75, 3.05) is 7.11 Å². The Kier molecular flexibility index (Phi) is 3.73. The van der Waals surface area contributed by atoms with Crippen LogP contribution in [0.3, 0.4) is 0 Å². The largest absolute Gasteiger partial charge is 0.504 e. The molecule has 0 saturated heterocycles. The summed E-state index contributed by atoms with van der Waals surface area (Å²) in [4.78, 5) is 0. The van der Waals surface area contributed by atoms with E-state index in [2.05, 4.69) is 6.07 Å². The molecule has 0 aromatic heterocycles. The van der Waals surface area contributed by atoms with Crippen LogP contribution in [0.4, 0.5) is 0 Å². The molecule has 1 fully saturated rings. The highest BCUT2D eigenvalue weighted by Crippen LogP contribution is 2.42. The quantitative estimate of drug-likeness (QED) is 0.858. The number of rotatable bonds is 3. The Labute approximate surface area is 107 Å². The second-order valence-corrected chi connectivity index (χ2v) is 4.76. The molecule has 1 aromatic rings. The number of benzene rings is 1. The Balaban J connectivity index is 2.43. The van der Waals surface area contributed by atoms with Gasteiger partial charge in [-0.05, 0) is 30.9 Å². The summed E-state index contributed by atoms with van der Waals surface area (Å²) in [7, 11) is 1.49. The molecule has 1 aliphatic carbocycles. The van der Waals surface area contributed by atoms with E-state index in [1.54, 1.807) is 12.1 Å². The molecule has 2 rings (SSSR count). The lowest BCUT2D eigenvalue weighted by molar-refractivity contribution is 0.359. The molecule has 0 radical (unpaired) electrons. The van der Waals surface area contributed by atoms with Crippen LogP contribution in [0.2, 0.25) is 0 Å². The van der Waals surface area contributed by atoms with Crippen LogP contribution < -0.4 is 10.5 Å². The SMILES string of the molecule is COc1ccc(C#N)c([C@H](N)C2CCCC2)c1O. The molecule has 1 atom stereocenters. The lowest BCUT2D eigenvalue weighted by atomic mass is 9.89. The maximum Gasteiger partial charge on any atom is 0.163 e. The van der Waals surface area contributed by atoms with Gasteiger partial charge in [0, 0.05) is 11.6 Å². The average molecular weight is 246 g/mol. The monoisotopic (exact) mass is 246 g/mol. The van der Waals surface area contributed by atoms with Gasteiger partial charge in [0.25, 0.3) is 0 Å². The number of phenolic OH excluding ortho intramolecular Hbond substituents is 1. The van der Waals surface area contributed by atoms with Crippen LogP contribution in [0, 0.1) is 17.2 Å². The molecule has 0 heterocycles. The zero-order chi connectivity index (χ0) is 13.1. The molecular formula is C14H18N2O2. The molecule has 3 N–H and O–H groups in total. The first-order valence-electron chi connectivity index (χ1n) is 6.24. The van der Waals surface area contributed by atoms with Crippen molar-refractivity contribution in [1.29, 1.82) is 5.26 Å². The maximum atomic E-state index is 10.2. The molecule has 4 nitrogen and oxygen atoms in total. The summed E-state index contributed by atoms with van der Waals surface area (Å²) in [5, 5.41) is 19.3. The van der Waals surface area contributed by atoms with Gasteiger partial charge in [0.15, 0.2) is 11.5 Å². The fourth-order valence-electron chi connectivity index (χ4n) is 2.74. The summed E-state index contributed by atoms with van der Waals surface area (Å²) < 4.78 is 5.08. The van der Waals surface area contributed by atoms with Crippen molar-refractivity contribution in [1.82, 2.24) is 0 Å². The minimum absolute atomic E-state index is 0.0101. The molecule has 0 aliphatic heterocycles. The Bertz CT molecular complexity index is 473. The third kappa shape index (κ3) is 2.14. The number of nitrogens with two attached hydrogens (primary N) is 1. The summed E-state index contributed by atoms with van der Waals surface area (Å²) >= 11 is 0. The second-order valence-electron chi connectivity index (χ2n) is 4.76. The standard InChI is InChI=1S/C14H18N2O2/c1-18-11-7-6-10(8-15)12(14(11)17)13(16)9-4-2-3-5-9/h6-7,9,13,17H,2-5,16H2,1H3/t13-/m1/s1. The maximum absolute atomic E-state index is 10.2. The van der Waals surface area contributed by atoms with E-state index >= 15 is 0 Å². The number of aromatic hydroxyl groups is 1. The van der Waals surface area contributed by atoms with E-state index < -0.39 is 0 Å².